The lowest BCUT2D eigenvalue weighted by Crippen LogP contribution is -2.48. The molecule has 0 amide bonds. The maximum absolute atomic E-state index is 13.4. The second kappa shape index (κ2) is 6.32. The van der Waals surface area contributed by atoms with E-state index in [-0.39, 0.29) is 15.1 Å². The van der Waals surface area contributed by atoms with E-state index in [4.69, 9.17) is 12.2 Å². The standard InChI is InChI=1S/C13H15BrFN3O2S/c1-2-3-17-4-6-18(7-5-17)21(19,20)13-8-10(14)11(15)9-12(13)16/h1,8-9H,3-7,16H2. The monoisotopic (exact) mass is 375 g/mol. The normalized spacial score (nSPS) is 17.6. The van der Waals surface area contributed by atoms with Crippen LogP contribution in [-0.2, 0) is 10.0 Å². The summed E-state index contributed by atoms with van der Waals surface area (Å²) in [5, 5.41) is 0. The molecule has 0 aliphatic carbocycles. The van der Waals surface area contributed by atoms with Gasteiger partial charge in [0.2, 0.25) is 10.0 Å². The van der Waals surface area contributed by atoms with E-state index in [1.54, 1.807) is 0 Å². The van der Waals surface area contributed by atoms with Gasteiger partial charge in [-0.25, -0.2) is 12.8 Å². The number of nitrogens with two attached hydrogens (primary N) is 1. The Bertz CT molecular complexity index is 679. The van der Waals surface area contributed by atoms with Crippen molar-refractivity contribution in [1.82, 2.24) is 9.21 Å². The third-order valence-corrected chi connectivity index (χ3v) is 5.88. The van der Waals surface area contributed by atoms with Crippen LogP contribution >= 0.6 is 15.9 Å². The molecule has 2 rings (SSSR count). The van der Waals surface area contributed by atoms with Crippen LogP contribution in [-0.4, -0.2) is 50.3 Å². The molecule has 0 unspecified atom stereocenters. The van der Waals surface area contributed by atoms with Gasteiger partial charge in [0.05, 0.1) is 16.7 Å². The number of sulfonamides is 1. The Kier molecular flexibility index (Phi) is 4.88. The molecule has 0 radical (unpaired) electrons. The van der Waals surface area contributed by atoms with Gasteiger partial charge in [0.15, 0.2) is 0 Å². The molecule has 114 valence electrons. The Morgan fingerprint density at radius 1 is 1.33 bits per heavy atom. The van der Waals surface area contributed by atoms with Crippen LogP contribution in [0.1, 0.15) is 0 Å². The van der Waals surface area contributed by atoms with Gasteiger partial charge in [0.25, 0.3) is 0 Å². The van der Waals surface area contributed by atoms with Crippen molar-refractivity contribution in [3.63, 3.8) is 0 Å². The number of halogens is 2. The SMILES string of the molecule is C#CCN1CCN(S(=O)(=O)c2cc(Br)c(F)cc2N)CC1. The summed E-state index contributed by atoms with van der Waals surface area (Å²) in [6, 6.07) is 2.21. The summed E-state index contributed by atoms with van der Waals surface area (Å²) >= 11 is 2.98. The number of anilines is 1. The summed E-state index contributed by atoms with van der Waals surface area (Å²) < 4.78 is 39.9. The van der Waals surface area contributed by atoms with Crippen LogP contribution in [0, 0.1) is 18.2 Å². The van der Waals surface area contributed by atoms with Crippen LogP contribution in [0.15, 0.2) is 21.5 Å². The molecule has 0 spiro atoms. The minimum absolute atomic E-state index is 0.0706. The van der Waals surface area contributed by atoms with E-state index in [0.717, 1.165) is 6.07 Å². The van der Waals surface area contributed by atoms with Crippen LogP contribution in [0.4, 0.5) is 10.1 Å². The summed E-state index contributed by atoms with van der Waals surface area (Å²) in [6.45, 7) is 2.28. The molecule has 1 aromatic carbocycles. The molecule has 0 atom stereocenters. The fourth-order valence-corrected chi connectivity index (χ4v) is 4.20. The lowest BCUT2D eigenvalue weighted by atomic mass is 10.3. The van der Waals surface area contributed by atoms with E-state index in [0.29, 0.717) is 32.7 Å². The van der Waals surface area contributed by atoms with E-state index in [1.165, 1.54) is 10.4 Å². The van der Waals surface area contributed by atoms with Crippen molar-refractivity contribution in [1.29, 1.82) is 0 Å². The van der Waals surface area contributed by atoms with Gasteiger partial charge < -0.3 is 5.73 Å². The zero-order valence-corrected chi connectivity index (χ0v) is 13.6. The number of hydrogen-bond acceptors (Lipinski definition) is 4. The van der Waals surface area contributed by atoms with Gasteiger partial charge in [0, 0.05) is 26.2 Å². The molecule has 1 saturated heterocycles. The second-order valence-corrected chi connectivity index (χ2v) is 7.45. The van der Waals surface area contributed by atoms with E-state index >= 15 is 0 Å². The zero-order chi connectivity index (χ0) is 15.6. The van der Waals surface area contributed by atoms with Crippen LogP contribution in [0.25, 0.3) is 0 Å². The van der Waals surface area contributed by atoms with Gasteiger partial charge in [-0.3, -0.25) is 4.90 Å². The first-order valence-electron chi connectivity index (χ1n) is 6.26. The molecule has 0 bridgehead atoms. The average molecular weight is 376 g/mol. The number of terminal acetylenes is 1. The number of piperazine rings is 1. The Hall–Kier alpha value is -1.14. The quantitative estimate of drug-likeness (QED) is 0.634. The molecule has 0 saturated carbocycles. The Labute approximate surface area is 132 Å². The summed E-state index contributed by atoms with van der Waals surface area (Å²) in [7, 11) is -3.74. The Morgan fingerprint density at radius 2 is 1.95 bits per heavy atom. The molecule has 1 fully saturated rings. The van der Waals surface area contributed by atoms with Crippen molar-refractivity contribution in [3.05, 3.63) is 22.4 Å². The van der Waals surface area contributed by atoms with Crippen molar-refractivity contribution in [2.24, 2.45) is 0 Å². The highest BCUT2D eigenvalue weighted by atomic mass is 79.9. The molecule has 1 aromatic rings. The highest BCUT2D eigenvalue weighted by Crippen LogP contribution is 2.28. The first-order valence-corrected chi connectivity index (χ1v) is 8.50. The summed E-state index contributed by atoms with van der Waals surface area (Å²) in [5.74, 6) is 1.94. The fourth-order valence-electron chi connectivity index (χ4n) is 2.16. The van der Waals surface area contributed by atoms with Crippen LogP contribution in [0.3, 0.4) is 0 Å². The van der Waals surface area contributed by atoms with Crippen molar-refractivity contribution < 1.29 is 12.8 Å². The minimum Gasteiger partial charge on any atom is -0.398 e. The molecule has 1 aliphatic rings. The maximum Gasteiger partial charge on any atom is 0.245 e. The molecule has 21 heavy (non-hydrogen) atoms. The number of benzene rings is 1. The molecule has 1 heterocycles. The first-order chi connectivity index (χ1) is 9.86. The number of nitrogen functional groups attached to an aromatic ring is 1. The Balaban J connectivity index is 2.24. The maximum atomic E-state index is 13.4. The van der Waals surface area contributed by atoms with E-state index < -0.39 is 15.8 Å². The van der Waals surface area contributed by atoms with Gasteiger partial charge in [-0.1, -0.05) is 5.92 Å². The van der Waals surface area contributed by atoms with Gasteiger partial charge in [0.1, 0.15) is 10.7 Å². The van der Waals surface area contributed by atoms with Crippen LogP contribution < -0.4 is 5.73 Å². The highest BCUT2D eigenvalue weighted by Gasteiger charge is 2.30. The smallest absolute Gasteiger partial charge is 0.245 e. The molecule has 5 nitrogen and oxygen atoms in total. The lowest BCUT2D eigenvalue weighted by Gasteiger charge is -2.33. The minimum atomic E-state index is -3.74. The van der Waals surface area contributed by atoms with Gasteiger partial charge in [-0.05, 0) is 28.1 Å². The molecular formula is C13H15BrFN3O2S. The summed E-state index contributed by atoms with van der Waals surface area (Å²) in [6.07, 6.45) is 5.24. The van der Waals surface area contributed by atoms with E-state index in [2.05, 4.69) is 21.9 Å². The third-order valence-electron chi connectivity index (χ3n) is 3.32. The van der Waals surface area contributed by atoms with Gasteiger partial charge >= 0.3 is 0 Å². The third kappa shape index (κ3) is 3.37. The fraction of sp³-hybridized carbons (Fsp3) is 0.385. The predicted octanol–water partition coefficient (Wildman–Crippen LogP) is 1.11. The van der Waals surface area contributed by atoms with Gasteiger partial charge in [-0.15, -0.1) is 6.42 Å². The van der Waals surface area contributed by atoms with Crippen molar-refractivity contribution in [3.8, 4) is 12.3 Å². The molecule has 0 aromatic heterocycles. The first kappa shape index (κ1) is 16.2. The average Bonchev–Trinajstić information content (AvgIpc) is 2.43. The molecule has 1 aliphatic heterocycles. The van der Waals surface area contributed by atoms with Crippen LogP contribution in [0.5, 0.6) is 0 Å². The second-order valence-electron chi connectivity index (χ2n) is 4.69. The molecule has 2 N–H and O–H groups in total. The molecule has 8 heteroatoms. The van der Waals surface area contributed by atoms with E-state index in [9.17, 15) is 12.8 Å². The van der Waals surface area contributed by atoms with Crippen LogP contribution in [0.2, 0.25) is 0 Å². The predicted molar refractivity (Wildman–Crippen MR) is 82.5 cm³/mol. The topological polar surface area (TPSA) is 66.6 Å². The number of nitrogens with zero attached hydrogens (tertiary/aromatic N) is 2. The lowest BCUT2D eigenvalue weighted by molar-refractivity contribution is 0.207. The summed E-state index contributed by atoms with van der Waals surface area (Å²) in [5.41, 5.74) is 5.56. The highest BCUT2D eigenvalue weighted by molar-refractivity contribution is 9.10. The van der Waals surface area contributed by atoms with E-state index in [1.807, 2.05) is 4.90 Å². The number of rotatable bonds is 3. The number of hydrogen-bond donors (Lipinski definition) is 1. The molecular weight excluding hydrogens is 361 g/mol. The Morgan fingerprint density at radius 3 is 2.52 bits per heavy atom. The van der Waals surface area contributed by atoms with Crippen molar-refractivity contribution >= 4 is 31.6 Å². The zero-order valence-electron chi connectivity index (χ0n) is 11.2. The summed E-state index contributed by atoms with van der Waals surface area (Å²) in [4.78, 5) is 1.91. The largest absolute Gasteiger partial charge is 0.398 e. The van der Waals surface area contributed by atoms with Crippen molar-refractivity contribution in [2.75, 3.05) is 38.5 Å². The van der Waals surface area contributed by atoms with Gasteiger partial charge in [-0.2, -0.15) is 4.31 Å². The van der Waals surface area contributed by atoms with Crippen molar-refractivity contribution in [2.45, 2.75) is 4.90 Å².